The predicted octanol–water partition coefficient (Wildman–Crippen LogP) is 5.34. The summed E-state index contributed by atoms with van der Waals surface area (Å²) < 4.78 is 3.10. The maximum atomic E-state index is 6.44. The zero-order chi connectivity index (χ0) is 16.7. The summed E-state index contributed by atoms with van der Waals surface area (Å²) in [5.74, 6) is 0.751. The fourth-order valence-corrected chi connectivity index (χ4v) is 3.96. The minimum atomic E-state index is 0.0118. The Bertz CT molecular complexity index is 879. The maximum Gasteiger partial charge on any atom is 0.222 e. The normalized spacial score (nSPS) is 19.6. The Morgan fingerprint density at radius 2 is 1.92 bits per heavy atom. The summed E-state index contributed by atoms with van der Waals surface area (Å²) >= 11 is 14.8. The van der Waals surface area contributed by atoms with Gasteiger partial charge in [-0.05, 0) is 64.4 Å². The molecule has 0 saturated carbocycles. The summed E-state index contributed by atoms with van der Waals surface area (Å²) in [4.78, 5) is 4.34. The van der Waals surface area contributed by atoms with E-state index < -0.39 is 0 Å². The zero-order valence-corrected chi connectivity index (χ0v) is 16.1. The Kier molecular flexibility index (Phi) is 4.40. The van der Waals surface area contributed by atoms with Gasteiger partial charge in [-0.1, -0.05) is 41.4 Å². The van der Waals surface area contributed by atoms with Gasteiger partial charge in [-0.2, -0.15) is 10.1 Å². The molecule has 24 heavy (non-hydrogen) atoms. The molecule has 1 N–H and O–H groups in total. The molecule has 2 aromatic carbocycles. The molecule has 0 radical (unpaired) electrons. The van der Waals surface area contributed by atoms with Crippen LogP contribution in [-0.2, 0) is 0 Å². The molecular weight excluding hydrogens is 458 g/mol. The van der Waals surface area contributed by atoms with E-state index >= 15 is 0 Å². The van der Waals surface area contributed by atoms with E-state index in [1.54, 1.807) is 12.4 Å². The lowest BCUT2D eigenvalue weighted by Crippen LogP contribution is -2.28. The number of anilines is 1. The topological polar surface area (TPSA) is 42.7 Å². The van der Waals surface area contributed by atoms with Gasteiger partial charge in [0.25, 0.3) is 0 Å². The number of fused-ring (bicyclic) bond motifs is 1. The van der Waals surface area contributed by atoms with Crippen molar-refractivity contribution in [3.63, 3.8) is 0 Å². The van der Waals surface area contributed by atoms with Crippen LogP contribution in [0.5, 0.6) is 0 Å². The van der Waals surface area contributed by atoms with Crippen LogP contribution in [-0.4, -0.2) is 14.8 Å². The van der Waals surface area contributed by atoms with Gasteiger partial charge >= 0.3 is 0 Å². The molecule has 0 bridgehead atoms. The van der Waals surface area contributed by atoms with Gasteiger partial charge in [0.05, 0.1) is 12.1 Å². The molecule has 4 nitrogen and oxygen atoms in total. The highest BCUT2D eigenvalue weighted by atomic mass is 127. The fraction of sp³-hybridized carbons (Fsp3) is 0.176. The first kappa shape index (κ1) is 16.2. The van der Waals surface area contributed by atoms with Gasteiger partial charge in [-0.3, -0.25) is 0 Å². The van der Waals surface area contributed by atoms with Gasteiger partial charge in [0, 0.05) is 13.6 Å². The average Bonchev–Trinajstić information content (AvgIpc) is 3.03. The van der Waals surface area contributed by atoms with E-state index in [-0.39, 0.29) is 12.1 Å². The number of nitrogens with zero attached hydrogens (tertiary/aromatic N) is 3. The van der Waals surface area contributed by atoms with Crippen LogP contribution in [0.15, 0.2) is 48.8 Å². The van der Waals surface area contributed by atoms with Gasteiger partial charge in [0.1, 0.15) is 6.33 Å². The van der Waals surface area contributed by atoms with E-state index in [0.29, 0.717) is 10.0 Å². The number of hydrogen-bond acceptors (Lipinski definition) is 3. The maximum absolute atomic E-state index is 6.44. The Hall–Kier alpha value is -1.31. The van der Waals surface area contributed by atoms with Crippen LogP contribution in [0, 0.1) is 3.57 Å². The van der Waals surface area contributed by atoms with Crippen LogP contribution >= 0.6 is 45.8 Å². The molecule has 0 amide bonds. The molecule has 122 valence electrons. The molecule has 7 heteroatoms. The molecule has 2 atom stereocenters. The molecule has 0 saturated heterocycles. The molecule has 1 aromatic heterocycles. The second-order valence-electron chi connectivity index (χ2n) is 5.69. The highest BCUT2D eigenvalue weighted by Gasteiger charge is 2.31. The quantitative estimate of drug-likeness (QED) is 0.514. The minimum Gasteiger partial charge on any atom is -0.348 e. The number of benzene rings is 2. The molecule has 0 fully saturated rings. The monoisotopic (exact) mass is 470 g/mol. The molecule has 1 aliphatic rings. The molecule has 3 aromatic rings. The van der Waals surface area contributed by atoms with E-state index in [4.69, 9.17) is 23.2 Å². The van der Waals surface area contributed by atoms with Crippen molar-refractivity contribution in [2.24, 2.45) is 0 Å². The average molecular weight is 471 g/mol. The largest absolute Gasteiger partial charge is 0.348 e. The Morgan fingerprint density at radius 1 is 1.12 bits per heavy atom. The summed E-state index contributed by atoms with van der Waals surface area (Å²) in [6.07, 6.45) is 2.40. The summed E-state index contributed by atoms with van der Waals surface area (Å²) in [6.45, 7) is 0. The first-order valence-corrected chi connectivity index (χ1v) is 9.32. The lowest BCUT2D eigenvalue weighted by atomic mass is 9.93. The summed E-state index contributed by atoms with van der Waals surface area (Å²) in [5.41, 5.74) is 2.23. The highest BCUT2D eigenvalue weighted by Crippen LogP contribution is 2.40. The van der Waals surface area contributed by atoms with Crippen LogP contribution < -0.4 is 5.32 Å². The minimum absolute atomic E-state index is 0.0118. The SMILES string of the molecule is Clc1ccc([C@@H]2C[C@@H](c3ccc(I)cc3)Nc3ncnn32)c(Cl)c1. The van der Waals surface area contributed by atoms with Crippen molar-refractivity contribution in [3.05, 3.63) is 73.5 Å². The van der Waals surface area contributed by atoms with Crippen molar-refractivity contribution >= 4 is 51.7 Å². The summed E-state index contributed by atoms with van der Waals surface area (Å²) in [6, 6.07) is 14.3. The van der Waals surface area contributed by atoms with Crippen molar-refractivity contribution in [1.29, 1.82) is 0 Å². The molecule has 0 unspecified atom stereocenters. The number of nitrogens with one attached hydrogen (secondary N) is 1. The van der Waals surface area contributed by atoms with E-state index in [2.05, 4.69) is 62.3 Å². The van der Waals surface area contributed by atoms with E-state index in [0.717, 1.165) is 17.9 Å². The van der Waals surface area contributed by atoms with Crippen molar-refractivity contribution in [3.8, 4) is 0 Å². The van der Waals surface area contributed by atoms with Crippen LogP contribution in [0.25, 0.3) is 0 Å². The number of halogens is 3. The Labute approximate surface area is 163 Å². The summed E-state index contributed by atoms with van der Waals surface area (Å²) in [5, 5.41) is 9.11. The van der Waals surface area contributed by atoms with Gasteiger partial charge in [0.2, 0.25) is 5.95 Å². The van der Waals surface area contributed by atoms with Gasteiger partial charge in [-0.15, -0.1) is 0 Å². The summed E-state index contributed by atoms with van der Waals surface area (Å²) in [7, 11) is 0. The second-order valence-corrected chi connectivity index (χ2v) is 7.78. The molecule has 0 aliphatic carbocycles. The van der Waals surface area contributed by atoms with Crippen molar-refractivity contribution in [2.75, 3.05) is 5.32 Å². The molecular formula is C17H13Cl2IN4. The fourth-order valence-electron chi connectivity index (χ4n) is 3.06. The molecule has 0 spiro atoms. The third-order valence-corrected chi connectivity index (χ3v) is 5.51. The first-order chi connectivity index (χ1) is 11.6. The highest BCUT2D eigenvalue weighted by molar-refractivity contribution is 14.1. The van der Waals surface area contributed by atoms with E-state index in [9.17, 15) is 0 Å². The number of rotatable bonds is 2. The van der Waals surface area contributed by atoms with Crippen molar-refractivity contribution in [2.45, 2.75) is 18.5 Å². The van der Waals surface area contributed by atoms with Crippen LogP contribution in [0.4, 0.5) is 5.95 Å². The van der Waals surface area contributed by atoms with Crippen LogP contribution in [0.2, 0.25) is 10.0 Å². The standard InChI is InChI=1S/C17H13Cl2IN4/c18-11-3-6-13(14(19)7-11)16-8-15(10-1-4-12(20)5-2-10)23-17-21-9-22-24(16)17/h1-7,9,15-16H,8H2,(H,21,22,23)/t15-,16-/m0/s1. The predicted molar refractivity (Wildman–Crippen MR) is 105 cm³/mol. The number of aromatic nitrogens is 3. The zero-order valence-electron chi connectivity index (χ0n) is 12.5. The van der Waals surface area contributed by atoms with E-state index in [1.165, 1.54) is 9.13 Å². The van der Waals surface area contributed by atoms with Gasteiger partial charge in [0.15, 0.2) is 0 Å². The van der Waals surface area contributed by atoms with E-state index in [1.807, 2.05) is 16.8 Å². The van der Waals surface area contributed by atoms with Crippen molar-refractivity contribution in [1.82, 2.24) is 14.8 Å². The third kappa shape index (κ3) is 3.00. The van der Waals surface area contributed by atoms with Gasteiger partial charge < -0.3 is 5.32 Å². The first-order valence-electron chi connectivity index (χ1n) is 7.48. The molecule has 2 heterocycles. The lowest BCUT2D eigenvalue weighted by Gasteiger charge is -2.32. The molecule has 4 rings (SSSR count). The van der Waals surface area contributed by atoms with Crippen LogP contribution in [0.1, 0.15) is 29.6 Å². The lowest BCUT2D eigenvalue weighted by molar-refractivity contribution is 0.431. The number of hydrogen-bond donors (Lipinski definition) is 1. The smallest absolute Gasteiger partial charge is 0.222 e. The second kappa shape index (κ2) is 6.54. The molecule has 1 aliphatic heterocycles. The Balaban J connectivity index is 1.75. The van der Waals surface area contributed by atoms with Gasteiger partial charge in [-0.25, -0.2) is 4.68 Å². The van der Waals surface area contributed by atoms with Crippen LogP contribution in [0.3, 0.4) is 0 Å². The Morgan fingerprint density at radius 3 is 2.67 bits per heavy atom. The third-order valence-electron chi connectivity index (χ3n) is 4.22. The van der Waals surface area contributed by atoms with Crippen molar-refractivity contribution < 1.29 is 0 Å².